The van der Waals surface area contributed by atoms with Crippen molar-refractivity contribution in [1.82, 2.24) is 4.57 Å². The van der Waals surface area contributed by atoms with E-state index in [1.54, 1.807) is 4.57 Å². The van der Waals surface area contributed by atoms with Crippen LogP contribution in [0.15, 0.2) is 24.2 Å². The lowest BCUT2D eigenvalue weighted by Crippen LogP contribution is -1.81. The summed E-state index contributed by atoms with van der Waals surface area (Å²) in [5.74, 6) is -0.0504. The van der Waals surface area contributed by atoms with E-state index in [1.807, 2.05) is 18.3 Å². The molecular formula is C7H6FN. The molecule has 0 N–H and O–H groups in total. The Balaban J connectivity index is 2.55. The highest BCUT2D eigenvalue weighted by atomic mass is 19.1. The van der Waals surface area contributed by atoms with Crippen LogP contribution in [0.4, 0.5) is 4.39 Å². The van der Waals surface area contributed by atoms with Gasteiger partial charge in [-0.05, 0) is 12.1 Å². The third-order valence-electron chi connectivity index (χ3n) is 1.50. The van der Waals surface area contributed by atoms with E-state index in [0.29, 0.717) is 6.42 Å². The van der Waals surface area contributed by atoms with Gasteiger partial charge in [0.25, 0.3) is 0 Å². The zero-order valence-corrected chi connectivity index (χ0v) is 4.84. The molecule has 1 aliphatic heterocycles. The molecule has 2 heterocycles. The molecule has 0 fully saturated rings. The molecule has 46 valence electrons. The van der Waals surface area contributed by atoms with Crippen molar-refractivity contribution in [3.63, 3.8) is 0 Å². The highest BCUT2D eigenvalue weighted by Crippen LogP contribution is 2.18. The summed E-state index contributed by atoms with van der Waals surface area (Å²) >= 11 is 0. The second-order valence-corrected chi connectivity index (χ2v) is 2.16. The van der Waals surface area contributed by atoms with E-state index in [2.05, 4.69) is 0 Å². The van der Waals surface area contributed by atoms with Crippen molar-refractivity contribution < 1.29 is 4.39 Å². The number of hydrogen-bond acceptors (Lipinski definition) is 0. The van der Waals surface area contributed by atoms with Gasteiger partial charge in [0.15, 0.2) is 0 Å². The van der Waals surface area contributed by atoms with Crippen LogP contribution in [0.3, 0.4) is 0 Å². The van der Waals surface area contributed by atoms with Gasteiger partial charge in [-0.3, -0.25) is 0 Å². The predicted molar refractivity (Wildman–Crippen MR) is 33.5 cm³/mol. The van der Waals surface area contributed by atoms with Gasteiger partial charge < -0.3 is 4.57 Å². The fourth-order valence-corrected chi connectivity index (χ4v) is 1.07. The number of allylic oxidation sites excluding steroid dienone is 1. The Morgan fingerprint density at radius 2 is 2.44 bits per heavy atom. The first kappa shape index (κ1) is 4.79. The molecule has 0 saturated carbocycles. The van der Waals surface area contributed by atoms with Crippen LogP contribution in [0.5, 0.6) is 0 Å². The highest BCUT2D eigenvalue weighted by Gasteiger charge is 2.09. The Kier molecular flexibility index (Phi) is 0.781. The fraction of sp³-hybridized carbons (Fsp3) is 0.143. The molecule has 2 heteroatoms. The van der Waals surface area contributed by atoms with Crippen LogP contribution < -0.4 is 0 Å². The van der Waals surface area contributed by atoms with E-state index in [4.69, 9.17) is 0 Å². The standard InChI is InChI=1S/C7H6FN/c8-6-4-7-2-1-3-9(7)5-6/h1-3,5H,4H2. The van der Waals surface area contributed by atoms with Gasteiger partial charge in [0.1, 0.15) is 5.83 Å². The summed E-state index contributed by atoms with van der Waals surface area (Å²) in [6.07, 6.45) is 3.82. The third-order valence-corrected chi connectivity index (χ3v) is 1.50. The zero-order valence-electron chi connectivity index (χ0n) is 4.84. The van der Waals surface area contributed by atoms with Gasteiger partial charge in [0, 0.05) is 24.5 Å². The molecule has 0 unspecified atom stereocenters. The van der Waals surface area contributed by atoms with Gasteiger partial charge in [0.05, 0.1) is 0 Å². The Hall–Kier alpha value is -1.05. The SMILES string of the molecule is FC1=Cn2cccc2C1. The Morgan fingerprint density at radius 1 is 1.56 bits per heavy atom. The molecule has 0 aromatic carbocycles. The minimum Gasteiger partial charge on any atom is -0.325 e. The van der Waals surface area contributed by atoms with E-state index in [0.717, 1.165) is 5.69 Å². The first-order valence-corrected chi connectivity index (χ1v) is 2.88. The number of hydrogen-bond donors (Lipinski definition) is 0. The number of rotatable bonds is 0. The molecule has 0 amide bonds. The van der Waals surface area contributed by atoms with Crippen LogP contribution in [0, 0.1) is 0 Å². The Morgan fingerprint density at radius 3 is 3.22 bits per heavy atom. The maximum Gasteiger partial charge on any atom is 0.122 e. The molecule has 1 nitrogen and oxygen atoms in total. The molecule has 2 rings (SSSR count). The second kappa shape index (κ2) is 1.47. The summed E-state index contributed by atoms with van der Waals surface area (Å²) < 4.78 is 14.2. The van der Waals surface area contributed by atoms with Gasteiger partial charge >= 0.3 is 0 Å². The third kappa shape index (κ3) is 0.593. The van der Waals surface area contributed by atoms with Gasteiger partial charge in [-0.1, -0.05) is 0 Å². The lowest BCUT2D eigenvalue weighted by Gasteiger charge is -1.87. The van der Waals surface area contributed by atoms with Crippen molar-refractivity contribution in [1.29, 1.82) is 0 Å². The van der Waals surface area contributed by atoms with Crippen LogP contribution in [-0.4, -0.2) is 4.57 Å². The van der Waals surface area contributed by atoms with E-state index in [-0.39, 0.29) is 5.83 Å². The minimum absolute atomic E-state index is 0.0504. The van der Waals surface area contributed by atoms with Crippen molar-refractivity contribution >= 4 is 6.20 Å². The van der Waals surface area contributed by atoms with Crippen molar-refractivity contribution in [3.8, 4) is 0 Å². The summed E-state index contributed by atoms with van der Waals surface area (Å²) in [7, 11) is 0. The summed E-state index contributed by atoms with van der Waals surface area (Å²) in [5, 5.41) is 0. The molecular weight excluding hydrogens is 117 g/mol. The van der Waals surface area contributed by atoms with Gasteiger partial charge in [-0.25, -0.2) is 4.39 Å². The summed E-state index contributed by atoms with van der Waals surface area (Å²) in [5.41, 5.74) is 1.03. The molecule has 1 aromatic heterocycles. The number of fused-ring (bicyclic) bond motifs is 1. The summed E-state index contributed by atoms with van der Waals surface area (Å²) in [6.45, 7) is 0. The monoisotopic (exact) mass is 123 g/mol. The zero-order chi connectivity index (χ0) is 6.27. The molecule has 0 saturated heterocycles. The lowest BCUT2D eigenvalue weighted by molar-refractivity contribution is 0.627. The molecule has 0 aliphatic carbocycles. The number of nitrogens with zero attached hydrogens (tertiary/aromatic N) is 1. The topological polar surface area (TPSA) is 4.93 Å². The van der Waals surface area contributed by atoms with Crippen LogP contribution >= 0.6 is 0 Å². The van der Waals surface area contributed by atoms with Gasteiger partial charge in [0.2, 0.25) is 0 Å². The Labute approximate surface area is 52.4 Å². The van der Waals surface area contributed by atoms with E-state index < -0.39 is 0 Å². The molecule has 0 spiro atoms. The minimum atomic E-state index is -0.0504. The average molecular weight is 123 g/mol. The Bertz CT molecular complexity index is 260. The molecule has 1 aromatic rings. The largest absolute Gasteiger partial charge is 0.325 e. The summed E-state index contributed by atoms with van der Waals surface area (Å²) in [4.78, 5) is 0. The average Bonchev–Trinajstić information content (AvgIpc) is 2.22. The molecule has 9 heavy (non-hydrogen) atoms. The fourth-order valence-electron chi connectivity index (χ4n) is 1.07. The molecule has 1 aliphatic rings. The lowest BCUT2D eigenvalue weighted by atomic mass is 10.3. The van der Waals surface area contributed by atoms with Crippen molar-refractivity contribution in [2.75, 3.05) is 0 Å². The van der Waals surface area contributed by atoms with E-state index in [1.165, 1.54) is 6.20 Å². The van der Waals surface area contributed by atoms with Crippen molar-refractivity contribution in [2.24, 2.45) is 0 Å². The van der Waals surface area contributed by atoms with Crippen LogP contribution in [-0.2, 0) is 6.42 Å². The summed E-state index contributed by atoms with van der Waals surface area (Å²) in [6, 6.07) is 3.83. The smallest absolute Gasteiger partial charge is 0.122 e. The van der Waals surface area contributed by atoms with Crippen molar-refractivity contribution in [3.05, 3.63) is 29.9 Å². The molecule has 0 radical (unpaired) electrons. The van der Waals surface area contributed by atoms with Crippen molar-refractivity contribution in [2.45, 2.75) is 6.42 Å². The predicted octanol–water partition coefficient (Wildman–Crippen LogP) is 1.81. The van der Waals surface area contributed by atoms with Crippen LogP contribution in [0.1, 0.15) is 5.69 Å². The van der Waals surface area contributed by atoms with Crippen LogP contribution in [0.25, 0.3) is 6.20 Å². The van der Waals surface area contributed by atoms with E-state index >= 15 is 0 Å². The quantitative estimate of drug-likeness (QED) is 0.495. The second-order valence-electron chi connectivity index (χ2n) is 2.16. The van der Waals surface area contributed by atoms with Crippen LogP contribution in [0.2, 0.25) is 0 Å². The number of halogens is 1. The maximum atomic E-state index is 12.4. The number of aromatic nitrogens is 1. The van der Waals surface area contributed by atoms with Gasteiger partial charge in [-0.2, -0.15) is 0 Å². The normalized spacial score (nSPS) is 15.4. The van der Waals surface area contributed by atoms with Gasteiger partial charge in [-0.15, -0.1) is 0 Å². The highest BCUT2D eigenvalue weighted by molar-refractivity contribution is 5.39. The molecule has 0 bridgehead atoms. The first-order chi connectivity index (χ1) is 4.36. The first-order valence-electron chi connectivity index (χ1n) is 2.88. The maximum absolute atomic E-state index is 12.4. The molecule has 0 atom stereocenters. The van der Waals surface area contributed by atoms with E-state index in [9.17, 15) is 4.39 Å².